The highest BCUT2D eigenvalue weighted by atomic mass is 16.5. The van der Waals surface area contributed by atoms with E-state index in [0.29, 0.717) is 36.1 Å². The number of aromatic nitrogens is 2. The van der Waals surface area contributed by atoms with Gasteiger partial charge in [-0.05, 0) is 78.3 Å². The number of benzene rings is 1. The zero-order valence-corrected chi connectivity index (χ0v) is 30.6. The van der Waals surface area contributed by atoms with E-state index in [9.17, 15) is 9.59 Å². The third kappa shape index (κ3) is 9.57. The predicted molar refractivity (Wildman–Crippen MR) is 195 cm³/mol. The molecule has 0 radical (unpaired) electrons. The minimum atomic E-state index is -0.241. The van der Waals surface area contributed by atoms with Crippen LogP contribution in [0.15, 0.2) is 18.3 Å². The molecule has 268 valence electrons. The van der Waals surface area contributed by atoms with E-state index in [2.05, 4.69) is 58.1 Å². The molecule has 1 aliphatic heterocycles. The van der Waals surface area contributed by atoms with E-state index in [4.69, 9.17) is 14.8 Å². The number of rotatable bonds is 16. The van der Waals surface area contributed by atoms with Crippen molar-refractivity contribution in [2.45, 2.75) is 91.6 Å². The zero-order chi connectivity index (χ0) is 35.2. The average Bonchev–Trinajstić information content (AvgIpc) is 3.11. The number of ether oxygens (including phenoxy) is 1. The van der Waals surface area contributed by atoms with Gasteiger partial charge in [0.25, 0.3) is 5.91 Å². The van der Waals surface area contributed by atoms with Crippen LogP contribution in [0.1, 0.15) is 88.6 Å². The van der Waals surface area contributed by atoms with Crippen molar-refractivity contribution in [3.8, 4) is 5.75 Å². The maximum absolute atomic E-state index is 13.3. The Hall–Kier alpha value is -3.48. The number of carbonyl (C=O) groups is 2. The molecule has 2 aromatic rings. The van der Waals surface area contributed by atoms with E-state index >= 15 is 0 Å². The second kappa shape index (κ2) is 19.5. The maximum Gasteiger partial charge on any atom is 0.251 e. The monoisotopic (exact) mass is 668 g/mol. The molecule has 1 fully saturated rings. The van der Waals surface area contributed by atoms with E-state index in [1.807, 2.05) is 33.0 Å². The second-order valence-electron chi connectivity index (χ2n) is 12.5. The fourth-order valence-corrected chi connectivity index (χ4v) is 6.61. The summed E-state index contributed by atoms with van der Waals surface area (Å²) in [6.45, 7) is 16.4. The molecule has 1 atom stereocenters. The van der Waals surface area contributed by atoms with Crippen LogP contribution < -0.4 is 25.2 Å². The van der Waals surface area contributed by atoms with Crippen molar-refractivity contribution in [2.24, 2.45) is 0 Å². The minimum Gasteiger partial charge on any atom is -0.491 e. The molecule has 2 aliphatic rings. The smallest absolute Gasteiger partial charge is 0.251 e. The Kier molecular flexibility index (Phi) is 15.8. The van der Waals surface area contributed by atoms with Crippen LogP contribution in [-0.4, -0.2) is 116 Å². The van der Waals surface area contributed by atoms with Gasteiger partial charge in [-0.25, -0.2) is 4.98 Å². The number of aliphatic hydroxyl groups excluding tert-OH is 1. The SMILES string of the molecule is CCOc1c(Nc2ncc3c(n2)N(C2CCCCC2)C(CC)C(=O)N3C)ccc(C(=O)NCCCN(CC)CCN(C)CC)c1C.CO. The first-order valence-corrected chi connectivity index (χ1v) is 17.8. The first kappa shape index (κ1) is 39.0. The van der Waals surface area contributed by atoms with Crippen LogP contribution in [0.3, 0.4) is 0 Å². The Labute approximate surface area is 288 Å². The molecule has 0 bridgehead atoms. The number of carbonyl (C=O) groups excluding carboxylic acids is 2. The predicted octanol–water partition coefficient (Wildman–Crippen LogP) is 4.82. The molecule has 2 heterocycles. The third-order valence-electron chi connectivity index (χ3n) is 9.57. The summed E-state index contributed by atoms with van der Waals surface area (Å²) in [5.74, 6) is 1.82. The summed E-state index contributed by atoms with van der Waals surface area (Å²) in [5.41, 5.74) is 2.78. The number of hydrogen-bond acceptors (Lipinski definition) is 10. The number of hydrogen-bond donors (Lipinski definition) is 3. The number of amides is 2. The number of fused-ring (bicyclic) bond motifs is 1. The maximum atomic E-state index is 13.3. The lowest BCUT2D eigenvalue weighted by molar-refractivity contribution is -0.120. The molecule has 1 aromatic carbocycles. The molecule has 0 spiro atoms. The summed E-state index contributed by atoms with van der Waals surface area (Å²) < 4.78 is 6.08. The lowest BCUT2D eigenvalue weighted by Gasteiger charge is -2.45. The van der Waals surface area contributed by atoms with Crippen LogP contribution in [0.2, 0.25) is 0 Å². The summed E-state index contributed by atoms with van der Waals surface area (Å²) in [5, 5.41) is 13.5. The normalized spacial score (nSPS) is 16.5. The Morgan fingerprint density at radius 3 is 2.44 bits per heavy atom. The van der Waals surface area contributed by atoms with E-state index in [1.54, 1.807) is 11.1 Å². The van der Waals surface area contributed by atoms with E-state index in [0.717, 1.165) is 95.4 Å². The summed E-state index contributed by atoms with van der Waals surface area (Å²) in [7, 11) is 4.95. The highest BCUT2D eigenvalue weighted by Crippen LogP contribution is 2.40. The van der Waals surface area contributed by atoms with Gasteiger partial charge in [-0.1, -0.05) is 40.0 Å². The van der Waals surface area contributed by atoms with Gasteiger partial charge < -0.3 is 40.1 Å². The summed E-state index contributed by atoms with van der Waals surface area (Å²) in [4.78, 5) is 44.9. The van der Waals surface area contributed by atoms with Crippen LogP contribution in [0.25, 0.3) is 0 Å². The van der Waals surface area contributed by atoms with Gasteiger partial charge >= 0.3 is 0 Å². The van der Waals surface area contributed by atoms with E-state index in [1.165, 1.54) is 6.42 Å². The molecule has 4 rings (SSSR count). The molecule has 3 N–H and O–H groups in total. The Morgan fingerprint density at radius 1 is 1.06 bits per heavy atom. The van der Waals surface area contributed by atoms with Gasteiger partial charge in [-0.2, -0.15) is 4.98 Å². The van der Waals surface area contributed by atoms with Gasteiger partial charge in [-0.3, -0.25) is 9.59 Å². The van der Waals surface area contributed by atoms with Crippen molar-refractivity contribution in [1.29, 1.82) is 0 Å². The number of nitrogens with one attached hydrogen (secondary N) is 2. The summed E-state index contributed by atoms with van der Waals surface area (Å²) in [6.07, 6.45) is 9.03. The molecule has 1 aliphatic carbocycles. The lowest BCUT2D eigenvalue weighted by atomic mass is 9.91. The third-order valence-corrected chi connectivity index (χ3v) is 9.57. The Bertz CT molecular complexity index is 1320. The molecular weight excluding hydrogens is 608 g/mol. The van der Waals surface area contributed by atoms with Gasteiger partial charge in [0.1, 0.15) is 17.5 Å². The highest BCUT2D eigenvalue weighted by molar-refractivity contribution is 6.04. The molecule has 12 nitrogen and oxygen atoms in total. The number of nitrogens with zero attached hydrogens (tertiary/aromatic N) is 6. The topological polar surface area (TPSA) is 126 Å². The number of aliphatic hydroxyl groups is 1. The van der Waals surface area contributed by atoms with Crippen molar-refractivity contribution in [2.75, 3.05) is 82.2 Å². The first-order chi connectivity index (χ1) is 23.2. The molecule has 0 saturated heterocycles. The van der Waals surface area contributed by atoms with Crippen LogP contribution in [0.4, 0.5) is 23.1 Å². The van der Waals surface area contributed by atoms with Gasteiger partial charge in [0.05, 0.1) is 18.5 Å². The highest BCUT2D eigenvalue weighted by Gasteiger charge is 2.40. The van der Waals surface area contributed by atoms with Crippen LogP contribution in [-0.2, 0) is 4.79 Å². The van der Waals surface area contributed by atoms with Crippen molar-refractivity contribution in [3.05, 3.63) is 29.5 Å². The minimum absolute atomic E-state index is 0.0931. The molecule has 1 aromatic heterocycles. The van der Waals surface area contributed by atoms with Crippen molar-refractivity contribution >= 4 is 35.0 Å². The zero-order valence-electron chi connectivity index (χ0n) is 30.6. The quantitative estimate of drug-likeness (QED) is 0.214. The van der Waals surface area contributed by atoms with Crippen molar-refractivity contribution in [1.82, 2.24) is 25.1 Å². The van der Waals surface area contributed by atoms with Gasteiger partial charge in [0.2, 0.25) is 11.9 Å². The molecule has 2 amide bonds. The van der Waals surface area contributed by atoms with Crippen LogP contribution >= 0.6 is 0 Å². The number of likely N-dealkylation sites (N-methyl/N-ethyl adjacent to an activating group) is 3. The van der Waals surface area contributed by atoms with E-state index < -0.39 is 0 Å². The largest absolute Gasteiger partial charge is 0.491 e. The van der Waals surface area contributed by atoms with E-state index in [-0.39, 0.29) is 23.9 Å². The summed E-state index contributed by atoms with van der Waals surface area (Å²) >= 11 is 0. The van der Waals surface area contributed by atoms with Crippen LogP contribution in [0, 0.1) is 6.92 Å². The Balaban J connectivity index is 0.00000307. The first-order valence-electron chi connectivity index (χ1n) is 17.8. The Morgan fingerprint density at radius 2 is 1.79 bits per heavy atom. The fraction of sp³-hybridized carbons (Fsp3) is 0.667. The lowest BCUT2D eigenvalue weighted by Crippen LogP contribution is -2.56. The number of anilines is 4. The van der Waals surface area contributed by atoms with Gasteiger partial charge in [0, 0.05) is 51.0 Å². The molecule has 1 saturated carbocycles. The van der Waals surface area contributed by atoms with Gasteiger partial charge in [0.15, 0.2) is 5.82 Å². The fourth-order valence-electron chi connectivity index (χ4n) is 6.61. The molecule has 12 heteroatoms. The average molecular weight is 669 g/mol. The standard InChI is InChI=1S/C35H56N8O3.CH4O/c1-8-29-34(45)41(7)30-24-37-35(39-32(30)43(29)26-16-13-12-14-17-26)38-28-19-18-27(25(5)31(28)46-11-4)33(44)36-20-15-21-42(10-3)23-22-40(6)9-2;1-2/h18-19,24,26,29H,8-17,20-23H2,1-7H3,(H,36,44)(H,37,38,39);2H,1H3. The second-order valence-corrected chi connectivity index (χ2v) is 12.5. The molecule has 1 unspecified atom stereocenters. The van der Waals surface area contributed by atoms with Gasteiger partial charge in [-0.15, -0.1) is 0 Å². The van der Waals surface area contributed by atoms with Crippen LogP contribution in [0.5, 0.6) is 5.75 Å². The molecular formula is C36H60N8O4. The summed E-state index contributed by atoms with van der Waals surface area (Å²) in [6, 6.07) is 3.74. The van der Waals surface area contributed by atoms with Crippen molar-refractivity contribution < 1.29 is 19.4 Å². The van der Waals surface area contributed by atoms with Crippen molar-refractivity contribution in [3.63, 3.8) is 0 Å². The molecule has 48 heavy (non-hydrogen) atoms.